The first kappa shape index (κ1) is 14.0. The van der Waals surface area contributed by atoms with Gasteiger partial charge in [0.25, 0.3) is 0 Å². The molecule has 1 rings (SSSR count). The molecule has 0 amide bonds. The van der Waals surface area contributed by atoms with Crippen molar-refractivity contribution in [1.29, 1.82) is 0 Å². The summed E-state index contributed by atoms with van der Waals surface area (Å²) < 4.78 is 17.8. The van der Waals surface area contributed by atoms with E-state index in [1.54, 1.807) is 12.1 Å². The zero-order chi connectivity index (χ0) is 12.9. The number of ether oxygens (including phenoxy) is 1. The van der Waals surface area contributed by atoms with Gasteiger partial charge in [-0.3, -0.25) is 4.79 Å². The molecule has 0 spiro atoms. The van der Waals surface area contributed by atoms with Crippen LogP contribution < -0.4 is 0 Å². The lowest BCUT2D eigenvalue weighted by Gasteiger charge is -2.19. The number of benzene rings is 1. The highest BCUT2D eigenvalue weighted by Gasteiger charge is 2.15. The van der Waals surface area contributed by atoms with Crippen molar-refractivity contribution >= 4 is 17.7 Å². The molecule has 17 heavy (non-hydrogen) atoms. The average molecular weight is 256 g/mol. The summed E-state index contributed by atoms with van der Waals surface area (Å²) >= 11 is 1.52. The first-order valence-electron chi connectivity index (χ1n) is 5.47. The van der Waals surface area contributed by atoms with Crippen LogP contribution in [0.2, 0.25) is 0 Å². The Morgan fingerprint density at radius 3 is 2.41 bits per heavy atom. The highest BCUT2D eigenvalue weighted by molar-refractivity contribution is 7.99. The molecule has 0 bridgehead atoms. The number of thioether (sulfide) groups is 1. The highest BCUT2D eigenvalue weighted by Crippen LogP contribution is 2.19. The van der Waals surface area contributed by atoms with Crippen molar-refractivity contribution in [2.75, 3.05) is 5.75 Å². The summed E-state index contributed by atoms with van der Waals surface area (Å²) in [6.07, 6.45) is 0.360. The molecule has 0 aliphatic carbocycles. The molecular formula is C13H17FO2S. The largest absolute Gasteiger partial charge is 0.460 e. The molecule has 4 heteroatoms. The molecule has 0 unspecified atom stereocenters. The molecular weight excluding hydrogens is 239 g/mol. The second-order valence-corrected chi connectivity index (χ2v) is 5.81. The van der Waals surface area contributed by atoms with Crippen LogP contribution in [-0.4, -0.2) is 17.3 Å². The number of carbonyl (C=O) groups excluding carboxylic acids is 1. The fourth-order valence-corrected chi connectivity index (χ4v) is 2.01. The number of hydrogen-bond acceptors (Lipinski definition) is 3. The molecule has 0 fully saturated rings. The van der Waals surface area contributed by atoms with Crippen LogP contribution in [0.25, 0.3) is 0 Å². The Bertz CT molecular complexity index is 368. The Morgan fingerprint density at radius 2 is 1.88 bits per heavy atom. The second kappa shape index (κ2) is 6.05. The van der Waals surface area contributed by atoms with Gasteiger partial charge in [0.1, 0.15) is 11.4 Å². The maximum atomic E-state index is 12.6. The van der Waals surface area contributed by atoms with Gasteiger partial charge in [0.15, 0.2) is 0 Å². The predicted molar refractivity (Wildman–Crippen MR) is 67.6 cm³/mol. The third kappa shape index (κ3) is 6.31. The molecule has 0 atom stereocenters. The van der Waals surface area contributed by atoms with Gasteiger partial charge in [-0.25, -0.2) is 4.39 Å². The van der Waals surface area contributed by atoms with E-state index in [2.05, 4.69) is 0 Å². The standard InChI is InChI=1S/C13H17FO2S/c1-13(2,3)16-12(15)8-9-17-11-6-4-10(14)5-7-11/h4-7H,8-9H2,1-3H3. The van der Waals surface area contributed by atoms with Crippen LogP contribution >= 0.6 is 11.8 Å². The van der Waals surface area contributed by atoms with E-state index in [9.17, 15) is 9.18 Å². The first-order valence-corrected chi connectivity index (χ1v) is 6.45. The molecule has 0 heterocycles. The van der Waals surface area contributed by atoms with E-state index in [0.717, 1.165) is 4.90 Å². The molecule has 0 radical (unpaired) electrons. The van der Waals surface area contributed by atoms with Crippen molar-refractivity contribution in [1.82, 2.24) is 0 Å². The fourth-order valence-electron chi connectivity index (χ4n) is 1.18. The van der Waals surface area contributed by atoms with Crippen molar-refractivity contribution in [2.24, 2.45) is 0 Å². The summed E-state index contributed by atoms with van der Waals surface area (Å²) in [7, 11) is 0. The summed E-state index contributed by atoms with van der Waals surface area (Å²) in [5, 5.41) is 0. The van der Waals surface area contributed by atoms with Gasteiger partial charge in [-0.15, -0.1) is 11.8 Å². The van der Waals surface area contributed by atoms with Gasteiger partial charge in [0.05, 0.1) is 6.42 Å². The summed E-state index contributed by atoms with van der Waals surface area (Å²) in [6, 6.07) is 6.23. The maximum Gasteiger partial charge on any atom is 0.307 e. The number of hydrogen-bond donors (Lipinski definition) is 0. The summed E-state index contributed by atoms with van der Waals surface area (Å²) in [4.78, 5) is 12.4. The predicted octanol–water partition coefficient (Wildman–Crippen LogP) is 3.65. The second-order valence-electron chi connectivity index (χ2n) is 4.64. The van der Waals surface area contributed by atoms with Crippen LogP contribution in [0.3, 0.4) is 0 Å². The number of halogens is 1. The number of carbonyl (C=O) groups is 1. The topological polar surface area (TPSA) is 26.3 Å². The molecule has 1 aromatic carbocycles. The van der Waals surface area contributed by atoms with Gasteiger partial charge in [-0.1, -0.05) is 0 Å². The van der Waals surface area contributed by atoms with Gasteiger partial charge < -0.3 is 4.74 Å². The molecule has 0 aliphatic heterocycles. The third-order valence-corrected chi connectivity index (χ3v) is 2.82. The zero-order valence-corrected chi connectivity index (χ0v) is 11.1. The lowest BCUT2D eigenvalue weighted by molar-refractivity contribution is -0.154. The van der Waals surface area contributed by atoms with Crippen LogP contribution in [0.5, 0.6) is 0 Å². The summed E-state index contributed by atoms with van der Waals surface area (Å²) in [5.74, 6) is 0.189. The Labute approximate surface area is 106 Å². The molecule has 2 nitrogen and oxygen atoms in total. The summed E-state index contributed by atoms with van der Waals surface area (Å²) in [6.45, 7) is 5.54. The van der Waals surface area contributed by atoms with E-state index in [4.69, 9.17) is 4.74 Å². The smallest absolute Gasteiger partial charge is 0.307 e. The van der Waals surface area contributed by atoms with E-state index < -0.39 is 5.60 Å². The van der Waals surface area contributed by atoms with Crippen molar-refractivity contribution in [3.63, 3.8) is 0 Å². The van der Waals surface area contributed by atoms with Gasteiger partial charge >= 0.3 is 5.97 Å². The van der Waals surface area contributed by atoms with Gasteiger partial charge in [0.2, 0.25) is 0 Å². The van der Waals surface area contributed by atoms with E-state index in [1.165, 1.54) is 23.9 Å². The van der Waals surface area contributed by atoms with Gasteiger partial charge in [0, 0.05) is 10.6 Å². The average Bonchev–Trinajstić information content (AvgIpc) is 2.18. The molecule has 0 aliphatic rings. The molecule has 0 saturated carbocycles. The minimum Gasteiger partial charge on any atom is -0.460 e. The van der Waals surface area contributed by atoms with Crippen LogP contribution in [0.4, 0.5) is 4.39 Å². The Kier molecular flexibility index (Phi) is 5.00. The third-order valence-electron chi connectivity index (χ3n) is 1.81. The zero-order valence-electron chi connectivity index (χ0n) is 10.3. The van der Waals surface area contributed by atoms with Crippen molar-refractivity contribution in [2.45, 2.75) is 37.7 Å². The van der Waals surface area contributed by atoms with Crippen molar-refractivity contribution in [3.8, 4) is 0 Å². The summed E-state index contributed by atoms with van der Waals surface area (Å²) in [5.41, 5.74) is -0.433. The van der Waals surface area contributed by atoms with Crippen LogP contribution in [0, 0.1) is 5.82 Å². The molecule has 1 aromatic rings. The Balaban J connectivity index is 2.28. The van der Waals surface area contributed by atoms with E-state index in [0.29, 0.717) is 12.2 Å². The quantitative estimate of drug-likeness (QED) is 0.607. The molecule has 0 N–H and O–H groups in total. The van der Waals surface area contributed by atoms with Crippen molar-refractivity contribution in [3.05, 3.63) is 30.1 Å². The van der Waals surface area contributed by atoms with Gasteiger partial charge in [-0.05, 0) is 45.0 Å². The van der Waals surface area contributed by atoms with Crippen LogP contribution in [0.15, 0.2) is 29.2 Å². The van der Waals surface area contributed by atoms with E-state index in [1.807, 2.05) is 20.8 Å². The minimum atomic E-state index is -0.433. The SMILES string of the molecule is CC(C)(C)OC(=O)CCSc1ccc(F)cc1. The lowest BCUT2D eigenvalue weighted by Crippen LogP contribution is -2.23. The number of esters is 1. The maximum absolute atomic E-state index is 12.6. The minimum absolute atomic E-state index is 0.202. The Morgan fingerprint density at radius 1 is 1.29 bits per heavy atom. The Hall–Kier alpha value is -1.03. The van der Waals surface area contributed by atoms with Crippen LogP contribution in [0.1, 0.15) is 27.2 Å². The highest BCUT2D eigenvalue weighted by atomic mass is 32.2. The molecule has 0 aromatic heterocycles. The molecule has 0 saturated heterocycles. The van der Waals surface area contributed by atoms with E-state index in [-0.39, 0.29) is 11.8 Å². The lowest BCUT2D eigenvalue weighted by atomic mass is 10.2. The van der Waals surface area contributed by atoms with E-state index >= 15 is 0 Å². The normalized spacial score (nSPS) is 11.3. The van der Waals surface area contributed by atoms with Crippen molar-refractivity contribution < 1.29 is 13.9 Å². The van der Waals surface area contributed by atoms with Crippen LogP contribution in [-0.2, 0) is 9.53 Å². The molecule has 94 valence electrons. The fraction of sp³-hybridized carbons (Fsp3) is 0.462. The number of rotatable bonds is 4. The first-order chi connectivity index (χ1) is 7.87. The monoisotopic (exact) mass is 256 g/mol. The van der Waals surface area contributed by atoms with Gasteiger partial charge in [-0.2, -0.15) is 0 Å².